The van der Waals surface area contributed by atoms with Crippen LogP contribution in [0.4, 0.5) is 0 Å². The van der Waals surface area contributed by atoms with Gasteiger partial charge in [-0.2, -0.15) is 0 Å². The van der Waals surface area contributed by atoms with Crippen LogP contribution in [0.3, 0.4) is 0 Å². The third kappa shape index (κ3) is 5.33. The van der Waals surface area contributed by atoms with Crippen molar-refractivity contribution in [3.63, 3.8) is 0 Å². The zero-order chi connectivity index (χ0) is 12.5. The fourth-order valence-electron chi connectivity index (χ4n) is 1.97. The lowest BCUT2D eigenvalue weighted by molar-refractivity contribution is 0.141. The van der Waals surface area contributed by atoms with E-state index in [1.54, 1.807) is 0 Å². The Labute approximate surface area is 105 Å². The minimum absolute atomic E-state index is 0.459. The predicted molar refractivity (Wildman–Crippen MR) is 73.3 cm³/mol. The first-order valence-electron chi connectivity index (χ1n) is 6.65. The van der Waals surface area contributed by atoms with Crippen LogP contribution in [-0.2, 0) is 4.74 Å². The molecule has 0 fully saturated rings. The molecule has 1 N–H and O–H groups in total. The molecule has 17 heavy (non-hydrogen) atoms. The topological polar surface area (TPSA) is 21.3 Å². The molecule has 1 aromatic carbocycles. The van der Waals surface area contributed by atoms with Crippen LogP contribution in [0, 0.1) is 6.92 Å². The van der Waals surface area contributed by atoms with Crippen LogP contribution in [0.2, 0.25) is 0 Å². The van der Waals surface area contributed by atoms with Crippen molar-refractivity contribution >= 4 is 0 Å². The number of nitrogens with one attached hydrogen (secondary N) is 1. The summed E-state index contributed by atoms with van der Waals surface area (Å²) in [7, 11) is 0. The Hall–Kier alpha value is -0.860. The van der Waals surface area contributed by atoms with Gasteiger partial charge in [0.25, 0.3) is 0 Å². The van der Waals surface area contributed by atoms with E-state index in [0.29, 0.717) is 6.04 Å². The zero-order valence-electron chi connectivity index (χ0n) is 11.3. The average Bonchev–Trinajstić information content (AvgIpc) is 2.34. The van der Waals surface area contributed by atoms with Crippen molar-refractivity contribution in [3.05, 3.63) is 35.4 Å². The molecule has 0 spiro atoms. The Bertz CT molecular complexity index is 294. The summed E-state index contributed by atoms with van der Waals surface area (Å²) >= 11 is 0. The summed E-state index contributed by atoms with van der Waals surface area (Å²) in [6.07, 6.45) is 2.25. The van der Waals surface area contributed by atoms with Gasteiger partial charge < -0.3 is 10.1 Å². The van der Waals surface area contributed by atoms with Crippen molar-refractivity contribution in [1.29, 1.82) is 0 Å². The van der Waals surface area contributed by atoms with Crippen LogP contribution < -0.4 is 5.32 Å². The summed E-state index contributed by atoms with van der Waals surface area (Å²) in [6, 6.07) is 9.28. The molecule has 0 saturated heterocycles. The SMILES string of the molecule is CCNC(CCCOCC)c1ccc(C)cc1. The molecule has 1 atom stereocenters. The van der Waals surface area contributed by atoms with Crippen molar-refractivity contribution in [3.8, 4) is 0 Å². The van der Waals surface area contributed by atoms with E-state index >= 15 is 0 Å². The highest BCUT2D eigenvalue weighted by molar-refractivity contribution is 5.24. The molecule has 2 nitrogen and oxygen atoms in total. The Balaban J connectivity index is 2.49. The van der Waals surface area contributed by atoms with Crippen LogP contribution in [0.5, 0.6) is 0 Å². The van der Waals surface area contributed by atoms with Crippen LogP contribution in [0.15, 0.2) is 24.3 Å². The smallest absolute Gasteiger partial charge is 0.0466 e. The number of benzene rings is 1. The molecule has 0 aliphatic rings. The Kier molecular flexibility index (Phi) is 6.90. The predicted octanol–water partition coefficient (Wildman–Crippen LogP) is 3.46. The van der Waals surface area contributed by atoms with Crippen molar-refractivity contribution in [2.24, 2.45) is 0 Å². The molecule has 0 aliphatic heterocycles. The van der Waals surface area contributed by atoms with Crippen molar-refractivity contribution < 1.29 is 4.74 Å². The Morgan fingerprint density at radius 3 is 2.47 bits per heavy atom. The summed E-state index contributed by atoms with van der Waals surface area (Å²) in [5.74, 6) is 0. The Morgan fingerprint density at radius 2 is 1.88 bits per heavy atom. The van der Waals surface area contributed by atoms with Gasteiger partial charge in [-0.25, -0.2) is 0 Å². The summed E-state index contributed by atoms with van der Waals surface area (Å²) in [5, 5.41) is 3.54. The number of aryl methyl sites for hydroxylation is 1. The number of hydrogen-bond donors (Lipinski definition) is 1. The highest BCUT2D eigenvalue weighted by atomic mass is 16.5. The second kappa shape index (κ2) is 8.26. The van der Waals surface area contributed by atoms with Crippen LogP contribution >= 0.6 is 0 Å². The standard InChI is InChI=1S/C15H25NO/c1-4-16-15(7-6-12-17-5-2)14-10-8-13(3)9-11-14/h8-11,15-16H,4-7,12H2,1-3H3. The maximum absolute atomic E-state index is 5.39. The molecule has 2 heteroatoms. The molecule has 0 aromatic heterocycles. The van der Waals surface area contributed by atoms with Gasteiger partial charge in [-0.15, -0.1) is 0 Å². The van der Waals surface area contributed by atoms with Gasteiger partial charge in [0.15, 0.2) is 0 Å². The number of rotatable bonds is 8. The summed E-state index contributed by atoms with van der Waals surface area (Å²) in [4.78, 5) is 0. The van der Waals surface area contributed by atoms with E-state index in [4.69, 9.17) is 4.74 Å². The van der Waals surface area contributed by atoms with Crippen molar-refractivity contribution in [2.45, 2.75) is 39.7 Å². The van der Waals surface area contributed by atoms with E-state index in [9.17, 15) is 0 Å². The summed E-state index contributed by atoms with van der Waals surface area (Å²) in [5.41, 5.74) is 2.70. The largest absolute Gasteiger partial charge is 0.382 e. The maximum atomic E-state index is 5.39. The lowest BCUT2D eigenvalue weighted by atomic mass is 10.0. The van der Waals surface area contributed by atoms with Gasteiger partial charge in [0.2, 0.25) is 0 Å². The highest BCUT2D eigenvalue weighted by Gasteiger charge is 2.09. The third-order valence-electron chi connectivity index (χ3n) is 2.92. The van der Waals surface area contributed by atoms with Crippen LogP contribution in [-0.4, -0.2) is 19.8 Å². The van der Waals surface area contributed by atoms with Gasteiger partial charge in [-0.1, -0.05) is 36.8 Å². The van der Waals surface area contributed by atoms with Crippen LogP contribution in [0.1, 0.15) is 43.9 Å². The van der Waals surface area contributed by atoms with Gasteiger partial charge in [0, 0.05) is 19.3 Å². The summed E-state index contributed by atoms with van der Waals surface area (Å²) in [6.45, 7) is 9.01. The first-order chi connectivity index (χ1) is 8.27. The molecule has 0 saturated carbocycles. The minimum Gasteiger partial charge on any atom is -0.382 e. The lowest BCUT2D eigenvalue weighted by Crippen LogP contribution is -2.21. The normalized spacial score (nSPS) is 12.6. The monoisotopic (exact) mass is 235 g/mol. The van der Waals surface area contributed by atoms with E-state index in [2.05, 4.69) is 43.4 Å². The quantitative estimate of drug-likeness (QED) is 0.697. The van der Waals surface area contributed by atoms with Crippen molar-refractivity contribution in [1.82, 2.24) is 5.32 Å². The molecule has 96 valence electrons. The fourth-order valence-corrected chi connectivity index (χ4v) is 1.97. The summed E-state index contributed by atoms with van der Waals surface area (Å²) < 4.78 is 5.39. The molecule has 0 radical (unpaired) electrons. The number of hydrogen-bond acceptors (Lipinski definition) is 2. The van der Waals surface area contributed by atoms with Gasteiger partial charge in [-0.3, -0.25) is 0 Å². The first-order valence-corrected chi connectivity index (χ1v) is 6.65. The lowest BCUT2D eigenvalue weighted by Gasteiger charge is -2.18. The van der Waals surface area contributed by atoms with E-state index in [1.165, 1.54) is 11.1 Å². The van der Waals surface area contributed by atoms with E-state index in [1.807, 2.05) is 6.92 Å². The molecule has 0 amide bonds. The van der Waals surface area contributed by atoms with E-state index in [0.717, 1.165) is 32.6 Å². The first kappa shape index (κ1) is 14.2. The van der Waals surface area contributed by atoms with Crippen LogP contribution in [0.25, 0.3) is 0 Å². The fraction of sp³-hybridized carbons (Fsp3) is 0.600. The number of ether oxygens (including phenoxy) is 1. The molecule has 1 rings (SSSR count). The van der Waals surface area contributed by atoms with Gasteiger partial charge in [-0.05, 0) is 38.8 Å². The maximum Gasteiger partial charge on any atom is 0.0466 e. The van der Waals surface area contributed by atoms with E-state index in [-0.39, 0.29) is 0 Å². The average molecular weight is 235 g/mol. The van der Waals surface area contributed by atoms with Gasteiger partial charge in [0.1, 0.15) is 0 Å². The minimum atomic E-state index is 0.459. The molecular formula is C15H25NO. The van der Waals surface area contributed by atoms with E-state index < -0.39 is 0 Å². The zero-order valence-corrected chi connectivity index (χ0v) is 11.3. The molecule has 0 heterocycles. The van der Waals surface area contributed by atoms with Crippen molar-refractivity contribution in [2.75, 3.05) is 19.8 Å². The third-order valence-corrected chi connectivity index (χ3v) is 2.92. The molecule has 0 bridgehead atoms. The second-order valence-corrected chi connectivity index (χ2v) is 4.36. The Morgan fingerprint density at radius 1 is 1.18 bits per heavy atom. The molecule has 0 aliphatic carbocycles. The van der Waals surface area contributed by atoms with Gasteiger partial charge in [0.05, 0.1) is 0 Å². The molecule has 1 unspecified atom stereocenters. The molecular weight excluding hydrogens is 210 g/mol. The molecule has 1 aromatic rings. The highest BCUT2D eigenvalue weighted by Crippen LogP contribution is 2.18. The second-order valence-electron chi connectivity index (χ2n) is 4.36. The van der Waals surface area contributed by atoms with Gasteiger partial charge >= 0.3 is 0 Å².